The van der Waals surface area contributed by atoms with Gasteiger partial charge in [0.2, 0.25) is 0 Å². The molecule has 0 aromatic heterocycles. The fourth-order valence-corrected chi connectivity index (χ4v) is 2.95. The van der Waals surface area contributed by atoms with E-state index < -0.39 is 0 Å². The van der Waals surface area contributed by atoms with Crippen molar-refractivity contribution in [2.45, 2.75) is 64.7 Å². The van der Waals surface area contributed by atoms with E-state index in [0.717, 1.165) is 12.1 Å². The number of likely N-dealkylation sites (N-methyl/N-ethyl adjacent to an activating group) is 2. The maximum Gasteiger partial charge on any atom is 0.0249 e. The molecule has 1 aliphatic heterocycles. The van der Waals surface area contributed by atoms with Gasteiger partial charge in [0.15, 0.2) is 0 Å². The van der Waals surface area contributed by atoms with E-state index >= 15 is 0 Å². The molecule has 1 saturated heterocycles. The van der Waals surface area contributed by atoms with E-state index in [9.17, 15) is 0 Å². The van der Waals surface area contributed by atoms with E-state index in [1.54, 1.807) is 0 Å². The Balaban J connectivity index is 2.84. The molecule has 0 aromatic rings. The van der Waals surface area contributed by atoms with Crippen LogP contribution in [0.2, 0.25) is 0 Å². The van der Waals surface area contributed by atoms with Gasteiger partial charge in [0.25, 0.3) is 0 Å². The summed E-state index contributed by atoms with van der Waals surface area (Å²) in [5.41, 5.74) is 0. The van der Waals surface area contributed by atoms with Crippen LogP contribution in [-0.4, -0.2) is 48.1 Å². The summed E-state index contributed by atoms with van der Waals surface area (Å²) in [6, 6.07) is 2.81. The second kappa shape index (κ2) is 4.63. The standard InChI is InChI=1S/C12H26N2/c1-7-11-12(8-2)14(6)10(4)9(3)13(11)5/h9-12H,7-8H2,1-6H3/t9?,10?,11-,12+. The van der Waals surface area contributed by atoms with Crippen molar-refractivity contribution < 1.29 is 0 Å². The monoisotopic (exact) mass is 198 g/mol. The van der Waals surface area contributed by atoms with Gasteiger partial charge in [-0.2, -0.15) is 0 Å². The van der Waals surface area contributed by atoms with Crippen LogP contribution in [0, 0.1) is 0 Å². The second-order valence-electron chi connectivity index (χ2n) is 4.76. The second-order valence-corrected chi connectivity index (χ2v) is 4.76. The van der Waals surface area contributed by atoms with Crippen LogP contribution >= 0.6 is 0 Å². The van der Waals surface area contributed by atoms with Crippen LogP contribution in [0.3, 0.4) is 0 Å². The minimum absolute atomic E-state index is 0.674. The minimum Gasteiger partial charge on any atom is -0.298 e. The SMILES string of the molecule is CC[C@@H]1[C@H](CC)N(C)C(C)C(C)N1C. The summed E-state index contributed by atoms with van der Waals surface area (Å²) in [4.78, 5) is 5.14. The molecule has 2 heteroatoms. The van der Waals surface area contributed by atoms with Crippen molar-refractivity contribution in [3.63, 3.8) is 0 Å². The third kappa shape index (κ3) is 1.82. The Bertz CT molecular complexity index is 161. The molecule has 0 bridgehead atoms. The number of rotatable bonds is 2. The van der Waals surface area contributed by atoms with E-state index in [2.05, 4.69) is 51.6 Å². The van der Waals surface area contributed by atoms with Crippen LogP contribution in [-0.2, 0) is 0 Å². The molecule has 1 heterocycles. The third-order valence-corrected chi connectivity index (χ3v) is 4.31. The first kappa shape index (κ1) is 12.0. The van der Waals surface area contributed by atoms with Gasteiger partial charge in [-0.15, -0.1) is 0 Å². The Labute approximate surface area is 89.3 Å². The number of piperazine rings is 1. The van der Waals surface area contributed by atoms with Crippen molar-refractivity contribution in [3.8, 4) is 0 Å². The lowest BCUT2D eigenvalue weighted by Crippen LogP contribution is -2.64. The van der Waals surface area contributed by atoms with Crippen molar-refractivity contribution in [3.05, 3.63) is 0 Å². The highest BCUT2D eigenvalue weighted by Crippen LogP contribution is 2.27. The fourth-order valence-electron chi connectivity index (χ4n) is 2.95. The number of nitrogens with zero attached hydrogens (tertiary/aromatic N) is 2. The zero-order chi connectivity index (χ0) is 10.9. The molecule has 0 saturated carbocycles. The smallest absolute Gasteiger partial charge is 0.0249 e. The van der Waals surface area contributed by atoms with Gasteiger partial charge in [-0.25, -0.2) is 0 Å². The van der Waals surface area contributed by atoms with E-state index in [1.165, 1.54) is 12.8 Å². The molecule has 0 N–H and O–H groups in total. The highest BCUT2D eigenvalue weighted by atomic mass is 15.3. The quantitative estimate of drug-likeness (QED) is 0.671. The van der Waals surface area contributed by atoms with Gasteiger partial charge in [-0.1, -0.05) is 13.8 Å². The molecule has 0 radical (unpaired) electrons. The largest absolute Gasteiger partial charge is 0.298 e. The van der Waals surface area contributed by atoms with Crippen LogP contribution in [0.25, 0.3) is 0 Å². The summed E-state index contributed by atoms with van der Waals surface area (Å²) in [7, 11) is 4.57. The first-order chi connectivity index (χ1) is 6.54. The summed E-state index contributed by atoms with van der Waals surface area (Å²) in [5, 5.41) is 0. The molecule has 1 rings (SSSR count). The molecule has 1 fully saturated rings. The van der Waals surface area contributed by atoms with Gasteiger partial charge in [-0.05, 0) is 40.8 Å². The normalized spacial score (nSPS) is 41.6. The summed E-state index contributed by atoms with van der Waals surface area (Å²) < 4.78 is 0. The summed E-state index contributed by atoms with van der Waals surface area (Å²) in [6.45, 7) is 9.30. The van der Waals surface area contributed by atoms with E-state index in [1.807, 2.05) is 0 Å². The van der Waals surface area contributed by atoms with Gasteiger partial charge >= 0.3 is 0 Å². The van der Waals surface area contributed by atoms with Crippen LogP contribution < -0.4 is 0 Å². The van der Waals surface area contributed by atoms with Crippen molar-refractivity contribution in [2.24, 2.45) is 0 Å². The minimum atomic E-state index is 0.674. The molecule has 0 amide bonds. The maximum absolute atomic E-state index is 2.57. The Kier molecular flexibility index (Phi) is 3.96. The average molecular weight is 198 g/mol. The van der Waals surface area contributed by atoms with Crippen LogP contribution in [0.5, 0.6) is 0 Å². The zero-order valence-electron chi connectivity index (χ0n) is 10.6. The van der Waals surface area contributed by atoms with Crippen LogP contribution in [0.4, 0.5) is 0 Å². The summed E-state index contributed by atoms with van der Waals surface area (Å²) >= 11 is 0. The first-order valence-electron chi connectivity index (χ1n) is 5.98. The van der Waals surface area contributed by atoms with Gasteiger partial charge in [0, 0.05) is 24.2 Å². The molecular formula is C12H26N2. The summed E-state index contributed by atoms with van der Waals surface area (Å²) in [5.74, 6) is 0. The van der Waals surface area contributed by atoms with Crippen LogP contribution in [0.1, 0.15) is 40.5 Å². The lowest BCUT2D eigenvalue weighted by Gasteiger charge is -2.52. The van der Waals surface area contributed by atoms with Crippen molar-refractivity contribution in [1.29, 1.82) is 0 Å². The van der Waals surface area contributed by atoms with Crippen LogP contribution in [0.15, 0.2) is 0 Å². The van der Waals surface area contributed by atoms with E-state index in [0.29, 0.717) is 12.1 Å². The summed E-state index contributed by atoms with van der Waals surface area (Å²) in [6.07, 6.45) is 2.52. The molecule has 1 aliphatic rings. The Morgan fingerprint density at radius 2 is 1.07 bits per heavy atom. The molecule has 2 nitrogen and oxygen atoms in total. The Morgan fingerprint density at radius 1 is 0.786 bits per heavy atom. The molecule has 14 heavy (non-hydrogen) atoms. The molecule has 4 atom stereocenters. The molecule has 2 unspecified atom stereocenters. The lowest BCUT2D eigenvalue weighted by atomic mass is 9.91. The maximum atomic E-state index is 2.57. The highest BCUT2D eigenvalue weighted by Gasteiger charge is 2.38. The molecular weight excluding hydrogens is 172 g/mol. The zero-order valence-corrected chi connectivity index (χ0v) is 10.6. The molecule has 0 aromatic carbocycles. The first-order valence-corrected chi connectivity index (χ1v) is 5.98. The molecule has 0 spiro atoms. The number of hydrogen-bond acceptors (Lipinski definition) is 2. The van der Waals surface area contributed by atoms with Crippen molar-refractivity contribution >= 4 is 0 Å². The van der Waals surface area contributed by atoms with Gasteiger partial charge < -0.3 is 0 Å². The topological polar surface area (TPSA) is 6.48 Å². The lowest BCUT2D eigenvalue weighted by molar-refractivity contribution is -0.0268. The van der Waals surface area contributed by atoms with Crippen molar-refractivity contribution in [2.75, 3.05) is 14.1 Å². The Hall–Kier alpha value is -0.0800. The average Bonchev–Trinajstić information content (AvgIpc) is 2.20. The fraction of sp³-hybridized carbons (Fsp3) is 1.00. The van der Waals surface area contributed by atoms with Gasteiger partial charge in [-0.3, -0.25) is 9.80 Å². The predicted molar refractivity (Wildman–Crippen MR) is 62.6 cm³/mol. The predicted octanol–water partition coefficient (Wildman–Crippen LogP) is 2.20. The van der Waals surface area contributed by atoms with E-state index in [4.69, 9.17) is 0 Å². The van der Waals surface area contributed by atoms with Gasteiger partial charge in [0.05, 0.1) is 0 Å². The molecule has 0 aliphatic carbocycles. The number of hydrogen-bond donors (Lipinski definition) is 0. The molecule has 84 valence electrons. The van der Waals surface area contributed by atoms with Gasteiger partial charge in [0.1, 0.15) is 0 Å². The third-order valence-electron chi connectivity index (χ3n) is 4.31. The van der Waals surface area contributed by atoms with Crippen molar-refractivity contribution in [1.82, 2.24) is 9.80 Å². The highest BCUT2D eigenvalue weighted by molar-refractivity contribution is 4.95. The Morgan fingerprint density at radius 3 is 1.29 bits per heavy atom. The van der Waals surface area contributed by atoms with E-state index in [-0.39, 0.29) is 0 Å².